The standard InChI is InChI=1S/C14H15F3N4O4S/c15-14(16,17)8-12-19-13(25-20-12)10-7-9(26(18,22)23)1-2-11(10)21-3-5-24-6-4-21/h1-2,7H,3-6,8H2,(H2,18,22,23). The first kappa shape index (κ1) is 18.6. The van der Waals surface area contributed by atoms with Crippen molar-refractivity contribution in [3.8, 4) is 11.5 Å². The molecule has 1 fully saturated rings. The Morgan fingerprint density at radius 2 is 1.92 bits per heavy atom. The Morgan fingerprint density at radius 3 is 2.54 bits per heavy atom. The van der Waals surface area contributed by atoms with Gasteiger partial charge in [-0.05, 0) is 18.2 Å². The summed E-state index contributed by atoms with van der Waals surface area (Å²) in [6.07, 6.45) is -5.84. The van der Waals surface area contributed by atoms with Crippen LogP contribution in [-0.4, -0.2) is 51.0 Å². The normalized spacial score (nSPS) is 16.1. The number of nitrogens with zero attached hydrogens (tertiary/aromatic N) is 3. The summed E-state index contributed by atoms with van der Waals surface area (Å²) in [5.74, 6) is -0.752. The zero-order valence-corrected chi connectivity index (χ0v) is 14.2. The van der Waals surface area contributed by atoms with Gasteiger partial charge >= 0.3 is 6.18 Å². The Hall–Kier alpha value is -2.18. The van der Waals surface area contributed by atoms with Gasteiger partial charge in [0.2, 0.25) is 10.0 Å². The van der Waals surface area contributed by atoms with E-state index in [2.05, 4.69) is 10.1 Å². The van der Waals surface area contributed by atoms with Crippen LogP contribution in [0.2, 0.25) is 0 Å². The van der Waals surface area contributed by atoms with Crippen molar-refractivity contribution >= 4 is 15.7 Å². The molecule has 142 valence electrons. The van der Waals surface area contributed by atoms with E-state index in [9.17, 15) is 21.6 Å². The lowest BCUT2D eigenvalue weighted by Crippen LogP contribution is -2.36. The van der Waals surface area contributed by atoms with Crippen LogP contribution < -0.4 is 10.0 Å². The molecule has 3 rings (SSSR count). The molecule has 1 aliphatic heterocycles. The van der Waals surface area contributed by atoms with E-state index < -0.39 is 28.4 Å². The number of benzene rings is 1. The number of ether oxygens (including phenoxy) is 1. The first-order chi connectivity index (χ1) is 12.1. The number of halogens is 3. The highest BCUT2D eigenvalue weighted by Crippen LogP contribution is 2.33. The number of nitrogens with two attached hydrogens (primary N) is 1. The fourth-order valence-corrected chi connectivity index (χ4v) is 3.10. The number of aromatic nitrogens is 2. The highest BCUT2D eigenvalue weighted by molar-refractivity contribution is 7.89. The third-order valence-corrected chi connectivity index (χ3v) is 4.62. The van der Waals surface area contributed by atoms with Gasteiger partial charge in [-0.3, -0.25) is 0 Å². The Morgan fingerprint density at radius 1 is 1.23 bits per heavy atom. The molecule has 0 unspecified atom stereocenters. The monoisotopic (exact) mass is 392 g/mol. The van der Waals surface area contributed by atoms with Gasteiger partial charge in [0.25, 0.3) is 5.89 Å². The average Bonchev–Trinajstić information content (AvgIpc) is 3.00. The first-order valence-electron chi connectivity index (χ1n) is 7.53. The van der Waals surface area contributed by atoms with Crippen LogP contribution in [-0.2, 0) is 21.2 Å². The number of hydrogen-bond donors (Lipinski definition) is 1. The molecule has 1 aromatic heterocycles. The molecular formula is C14H15F3N4O4S. The summed E-state index contributed by atoms with van der Waals surface area (Å²) in [5, 5.41) is 8.47. The predicted molar refractivity (Wildman–Crippen MR) is 83.9 cm³/mol. The molecule has 0 spiro atoms. The maximum atomic E-state index is 12.5. The van der Waals surface area contributed by atoms with E-state index in [0.717, 1.165) is 0 Å². The van der Waals surface area contributed by atoms with Crippen LogP contribution in [0.3, 0.4) is 0 Å². The van der Waals surface area contributed by atoms with E-state index >= 15 is 0 Å². The number of sulfonamides is 1. The predicted octanol–water partition coefficient (Wildman–Crippen LogP) is 1.33. The van der Waals surface area contributed by atoms with Crippen LogP contribution in [0, 0.1) is 0 Å². The second kappa shape index (κ2) is 6.85. The van der Waals surface area contributed by atoms with Crippen molar-refractivity contribution in [2.24, 2.45) is 5.14 Å². The van der Waals surface area contributed by atoms with E-state index in [-0.39, 0.29) is 16.3 Å². The number of alkyl halides is 3. The lowest BCUT2D eigenvalue weighted by atomic mass is 10.1. The van der Waals surface area contributed by atoms with Gasteiger partial charge in [0.15, 0.2) is 5.82 Å². The fraction of sp³-hybridized carbons (Fsp3) is 0.429. The number of hydrogen-bond acceptors (Lipinski definition) is 7. The Labute approximate surface area is 146 Å². The zero-order valence-electron chi connectivity index (χ0n) is 13.4. The molecule has 2 N–H and O–H groups in total. The molecule has 0 radical (unpaired) electrons. The van der Waals surface area contributed by atoms with Crippen molar-refractivity contribution in [2.45, 2.75) is 17.5 Å². The van der Waals surface area contributed by atoms with Crippen molar-refractivity contribution < 1.29 is 30.8 Å². The molecule has 12 heteroatoms. The number of rotatable bonds is 4. The minimum Gasteiger partial charge on any atom is -0.378 e. The minimum atomic E-state index is -4.49. The van der Waals surface area contributed by atoms with Crippen molar-refractivity contribution in [1.82, 2.24) is 10.1 Å². The van der Waals surface area contributed by atoms with Crippen molar-refractivity contribution in [3.05, 3.63) is 24.0 Å². The van der Waals surface area contributed by atoms with Gasteiger partial charge in [0.05, 0.1) is 23.7 Å². The van der Waals surface area contributed by atoms with E-state index in [1.54, 1.807) is 0 Å². The van der Waals surface area contributed by atoms with Gasteiger partial charge in [-0.1, -0.05) is 5.16 Å². The van der Waals surface area contributed by atoms with Crippen LogP contribution in [0.25, 0.3) is 11.5 Å². The smallest absolute Gasteiger partial charge is 0.378 e. The average molecular weight is 392 g/mol. The van der Waals surface area contributed by atoms with Gasteiger partial charge in [0.1, 0.15) is 6.42 Å². The molecule has 0 aliphatic carbocycles. The van der Waals surface area contributed by atoms with Crippen LogP contribution in [0.5, 0.6) is 0 Å². The topological polar surface area (TPSA) is 112 Å². The molecule has 8 nitrogen and oxygen atoms in total. The molecule has 1 aliphatic rings. The highest BCUT2D eigenvalue weighted by Gasteiger charge is 2.31. The van der Waals surface area contributed by atoms with Crippen LogP contribution in [0.15, 0.2) is 27.6 Å². The van der Waals surface area contributed by atoms with Crippen LogP contribution >= 0.6 is 0 Å². The summed E-state index contributed by atoms with van der Waals surface area (Å²) in [7, 11) is -4.02. The molecular weight excluding hydrogens is 377 g/mol. The zero-order chi connectivity index (χ0) is 18.9. The Balaban J connectivity index is 2.04. The number of primary sulfonamides is 1. The summed E-state index contributed by atoms with van der Waals surface area (Å²) in [6, 6.07) is 4.04. The summed E-state index contributed by atoms with van der Waals surface area (Å²) in [5.41, 5.74) is 0.738. The van der Waals surface area contributed by atoms with Crippen LogP contribution in [0.4, 0.5) is 18.9 Å². The van der Waals surface area contributed by atoms with Gasteiger partial charge in [-0.2, -0.15) is 18.2 Å². The Bertz CT molecular complexity index is 892. The minimum absolute atomic E-state index is 0.194. The second-order valence-corrected chi connectivity index (χ2v) is 7.19. The molecule has 0 amide bonds. The fourth-order valence-electron chi connectivity index (χ4n) is 2.56. The van der Waals surface area contributed by atoms with Gasteiger partial charge in [-0.25, -0.2) is 13.6 Å². The maximum absolute atomic E-state index is 12.5. The molecule has 1 aromatic carbocycles. The summed E-state index contributed by atoms with van der Waals surface area (Å²) in [4.78, 5) is 5.43. The molecule has 1 saturated heterocycles. The van der Waals surface area contributed by atoms with E-state index in [1.165, 1.54) is 18.2 Å². The lowest BCUT2D eigenvalue weighted by molar-refractivity contribution is -0.128. The molecule has 26 heavy (non-hydrogen) atoms. The lowest BCUT2D eigenvalue weighted by Gasteiger charge is -2.30. The van der Waals surface area contributed by atoms with E-state index in [1.807, 2.05) is 4.90 Å². The highest BCUT2D eigenvalue weighted by atomic mass is 32.2. The molecule has 0 atom stereocenters. The third kappa shape index (κ3) is 4.31. The largest absolute Gasteiger partial charge is 0.396 e. The van der Waals surface area contributed by atoms with E-state index in [0.29, 0.717) is 32.0 Å². The summed E-state index contributed by atoms with van der Waals surface area (Å²) in [6.45, 7) is 1.95. The van der Waals surface area contributed by atoms with Crippen LogP contribution in [0.1, 0.15) is 5.82 Å². The van der Waals surface area contributed by atoms with Gasteiger partial charge in [-0.15, -0.1) is 0 Å². The Kier molecular flexibility index (Phi) is 4.90. The SMILES string of the molecule is NS(=O)(=O)c1ccc(N2CCOCC2)c(-c2nc(CC(F)(F)F)no2)c1. The molecule has 2 heterocycles. The molecule has 2 aromatic rings. The van der Waals surface area contributed by atoms with E-state index in [4.69, 9.17) is 14.4 Å². The number of morpholine rings is 1. The van der Waals surface area contributed by atoms with Crippen molar-refractivity contribution in [1.29, 1.82) is 0 Å². The number of anilines is 1. The van der Waals surface area contributed by atoms with Gasteiger partial charge in [0, 0.05) is 18.8 Å². The maximum Gasteiger partial charge on any atom is 0.396 e. The third-order valence-electron chi connectivity index (χ3n) is 3.71. The van der Waals surface area contributed by atoms with Crippen molar-refractivity contribution in [2.75, 3.05) is 31.2 Å². The molecule has 0 saturated carbocycles. The molecule has 0 bridgehead atoms. The summed E-state index contributed by atoms with van der Waals surface area (Å²) < 4.78 is 71.0. The first-order valence-corrected chi connectivity index (χ1v) is 9.07. The van der Waals surface area contributed by atoms with Crippen molar-refractivity contribution in [3.63, 3.8) is 0 Å². The second-order valence-electron chi connectivity index (χ2n) is 5.63. The quantitative estimate of drug-likeness (QED) is 0.835. The summed E-state index contributed by atoms with van der Waals surface area (Å²) >= 11 is 0. The van der Waals surface area contributed by atoms with Gasteiger partial charge < -0.3 is 14.2 Å².